The van der Waals surface area contributed by atoms with Gasteiger partial charge in [-0.05, 0) is 68.1 Å². The molecule has 1 aliphatic heterocycles. The summed E-state index contributed by atoms with van der Waals surface area (Å²) < 4.78 is 5.05. The minimum absolute atomic E-state index is 0.0807. The molecule has 1 fully saturated rings. The molecule has 1 saturated heterocycles. The Kier molecular flexibility index (Phi) is 6.49. The summed E-state index contributed by atoms with van der Waals surface area (Å²) in [5.41, 5.74) is 10.8. The van der Waals surface area contributed by atoms with Crippen molar-refractivity contribution in [3.63, 3.8) is 0 Å². The zero-order valence-electron chi connectivity index (χ0n) is 15.5. The SMILES string of the molecule is CCOC(=O)CCC1CC(N)CN(Cc2ccc3c(c2)CCCC3)C1. The topological polar surface area (TPSA) is 55.6 Å². The van der Waals surface area contributed by atoms with Crippen molar-refractivity contribution in [1.82, 2.24) is 4.90 Å². The third-order valence-electron chi connectivity index (χ3n) is 5.53. The van der Waals surface area contributed by atoms with Crippen molar-refractivity contribution in [3.05, 3.63) is 34.9 Å². The zero-order valence-corrected chi connectivity index (χ0v) is 15.5. The van der Waals surface area contributed by atoms with Crippen LogP contribution in [0.25, 0.3) is 0 Å². The number of carbonyl (C=O) groups is 1. The number of ether oxygens (including phenoxy) is 1. The van der Waals surface area contributed by atoms with Gasteiger partial charge in [-0.1, -0.05) is 18.2 Å². The second-order valence-electron chi connectivity index (χ2n) is 7.71. The van der Waals surface area contributed by atoms with Crippen LogP contribution in [0.5, 0.6) is 0 Å². The summed E-state index contributed by atoms with van der Waals surface area (Å²) in [7, 11) is 0. The minimum Gasteiger partial charge on any atom is -0.466 e. The number of nitrogens with two attached hydrogens (primary N) is 1. The quantitative estimate of drug-likeness (QED) is 0.806. The Bertz CT molecular complexity index is 587. The molecule has 3 rings (SSSR count). The summed E-state index contributed by atoms with van der Waals surface area (Å²) in [4.78, 5) is 14.1. The van der Waals surface area contributed by atoms with Crippen LogP contribution in [0.1, 0.15) is 55.7 Å². The van der Waals surface area contributed by atoms with Gasteiger partial charge in [0.1, 0.15) is 0 Å². The Morgan fingerprint density at radius 1 is 1.24 bits per heavy atom. The Morgan fingerprint density at radius 3 is 2.84 bits per heavy atom. The summed E-state index contributed by atoms with van der Waals surface area (Å²) in [6, 6.07) is 7.23. The van der Waals surface area contributed by atoms with Crippen molar-refractivity contribution in [2.75, 3.05) is 19.7 Å². The van der Waals surface area contributed by atoms with Gasteiger partial charge >= 0.3 is 5.97 Å². The van der Waals surface area contributed by atoms with E-state index in [4.69, 9.17) is 10.5 Å². The van der Waals surface area contributed by atoms with Crippen molar-refractivity contribution in [2.45, 2.75) is 64.5 Å². The first kappa shape index (κ1) is 18.4. The smallest absolute Gasteiger partial charge is 0.305 e. The van der Waals surface area contributed by atoms with Crippen molar-refractivity contribution in [3.8, 4) is 0 Å². The van der Waals surface area contributed by atoms with E-state index in [1.807, 2.05) is 6.92 Å². The molecular formula is C21H32N2O2. The summed E-state index contributed by atoms with van der Waals surface area (Å²) in [6.45, 7) is 5.27. The highest BCUT2D eigenvalue weighted by molar-refractivity contribution is 5.69. The molecule has 2 unspecified atom stereocenters. The predicted molar refractivity (Wildman–Crippen MR) is 100 cm³/mol. The summed E-state index contributed by atoms with van der Waals surface area (Å²) in [6.07, 6.45) is 7.52. The number of nitrogens with zero attached hydrogens (tertiary/aromatic N) is 1. The van der Waals surface area contributed by atoms with E-state index in [1.165, 1.54) is 36.8 Å². The molecule has 2 aliphatic rings. The van der Waals surface area contributed by atoms with Crippen LogP contribution in [-0.2, 0) is 28.9 Å². The number of hydrogen-bond acceptors (Lipinski definition) is 4. The van der Waals surface area contributed by atoms with Crippen molar-refractivity contribution in [1.29, 1.82) is 0 Å². The Labute approximate surface area is 151 Å². The highest BCUT2D eigenvalue weighted by Gasteiger charge is 2.26. The summed E-state index contributed by atoms with van der Waals surface area (Å²) in [5, 5.41) is 0. The standard InChI is InChI=1S/C21H32N2O2/c1-2-25-21(24)10-8-17-12-20(22)15-23(14-17)13-16-7-9-18-5-3-4-6-19(18)11-16/h7,9,11,17,20H,2-6,8,10,12-15,22H2,1H3. The number of esters is 1. The lowest BCUT2D eigenvalue weighted by molar-refractivity contribution is -0.143. The molecule has 2 atom stereocenters. The van der Waals surface area contributed by atoms with E-state index >= 15 is 0 Å². The third kappa shape index (κ3) is 5.29. The van der Waals surface area contributed by atoms with E-state index in [1.54, 1.807) is 5.56 Å². The lowest BCUT2D eigenvalue weighted by Gasteiger charge is -2.36. The lowest BCUT2D eigenvalue weighted by Crippen LogP contribution is -2.46. The highest BCUT2D eigenvalue weighted by atomic mass is 16.5. The number of carbonyl (C=O) groups excluding carboxylic acids is 1. The molecular weight excluding hydrogens is 312 g/mol. The van der Waals surface area contributed by atoms with E-state index in [9.17, 15) is 4.79 Å². The van der Waals surface area contributed by atoms with Gasteiger partial charge in [0, 0.05) is 32.1 Å². The average molecular weight is 344 g/mol. The van der Waals surface area contributed by atoms with Crippen LogP contribution in [-0.4, -0.2) is 36.6 Å². The fourth-order valence-electron chi connectivity index (χ4n) is 4.39. The van der Waals surface area contributed by atoms with Gasteiger partial charge in [-0.25, -0.2) is 0 Å². The molecule has 4 nitrogen and oxygen atoms in total. The van der Waals surface area contributed by atoms with E-state index in [0.717, 1.165) is 32.5 Å². The van der Waals surface area contributed by atoms with E-state index in [0.29, 0.717) is 18.9 Å². The molecule has 138 valence electrons. The van der Waals surface area contributed by atoms with Gasteiger partial charge in [0.2, 0.25) is 0 Å². The number of benzene rings is 1. The number of likely N-dealkylation sites (tertiary alicyclic amines) is 1. The van der Waals surface area contributed by atoms with Crippen LogP contribution in [0, 0.1) is 5.92 Å². The van der Waals surface area contributed by atoms with Crippen LogP contribution in [0.4, 0.5) is 0 Å². The fraction of sp³-hybridized carbons (Fsp3) is 0.667. The maximum Gasteiger partial charge on any atom is 0.305 e. The normalized spacial score (nSPS) is 23.9. The molecule has 1 aromatic rings. The minimum atomic E-state index is -0.0807. The van der Waals surface area contributed by atoms with E-state index < -0.39 is 0 Å². The monoisotopic (exact) mass is 344 g/mol. The average Bonchev–Trinajstić information content (AvgIpc) is 2.60. The maximum atomic E-state index is 11.6. The first-order chi connectivity index (χ1) is 12.1. The lowest BCUT2D eigenvalue weighted by atomic mass is 9.89. The summed E-state index contributed by atoms with van der Waals surface area (Å²) in [5.74, 6) is 0.411. The number of piperidine rings is 1. The van der Waals surface area contributed by atoms with Gasteiger partial charge < -0.3 is 10.5 Å². The fourth-order valence-corrected chi connectivity index (χ4v) is 4.39. The molecule has 0 spiro atoms. The molecule has 1 aliphatic carbocycles. The number of hydrogen-bond donors (Lipinski definition) is 1. The number of fused-ring (bicyclic) bond motifs is 1. The molecule has 0 amide bonds. The van der Waals surface area contributed by atoms with Crippen LogP contribution in [0.3, 0.4) is 0 Å². The van der Waals surface area contributed by atoms with Crippen LogP contribution >= 0.6 is 0 Å². The number of rotatable bonds is 6. The second kappa shape index (κ2) is 8.81. The van der Waals surface area contributed by atoms with Crippen molar-refractivity contribution >= 4 is 5.97 Å². The molecule has 2 N–H and O–H groups in total. The molecule has 1 heterocycles. The first-order valence-electron chi connectivity index (χ1n) is 9.88. The maximum absolute atomic E-state index is 11.6. The molecule has 0 bridgehead atoms. The largest absolute Gasteiger partial charge is 0.466 e. The van der Waals surface area contributed by atoms with Crippen molar-refractivity contribution in [2.24, 2.45) is 11.7 Å². The predicted octanol–water partition coefficient (Wildman–Crippen LogP) is 3.06. The van der Waals surface area contributed by atoms with Gasteiger partial charge in [0.25, 0.3) is 0 Å². The van der Waals surface area contributed by atoms with Crippen LogP contribution in [0.2, 0.25) is 0 Å². The highest BCUT2D eigenvalue weighted by Crippen LogP contribution is 2.25. The number of aryl methyl sites for hydroxylation is 2. The van der Waals surface area contributed by atoms with Gasteiger partial charge in [-0.3, -0.25) is 9.69 Å². The van der Waals surface area contributed by atoms with Crippen LogP contribution < -0.4 is 5.73 Å². The van der Waals surface area contributed by atoms with Gasteiger partial charge in [-0.15, -0.1) is 0 Å². The molecule has 0 aromatic heterocycles. The third-order valence-corrected chi connectivity index (χ3v) is 5.53. The molecule has 1 aromatic carbocycles. The van der Waals surface area contributed by atoms with E-state index in [-0.39, 0.29) is 12.0 Å². The van der Waals surface area contributed by atoms with Gasteiger partial charge in [0.05, 0.1) is 6.61 Å². The van der Waals surface area contributed by atoms with Crippen LogP contribution in [0.15, 0.2) is 18.2 Å². The van der Waals surface area contributed by atoms with Gasteiger partial charge in [-0.2, -0.15) is 0 Å². The Hall–Kier alpha value is -1.39. The Balaban J connectivity index is 1.55. The van der Waals surface area contributed by atoms with Gasteiger partial charge in [0.15, 0.2) is 0 Å². The molecule has 0 saturated carbocycles. The molecule has 0 radical (unpaired) electrons. The molecule has 4 heteroatoms. The zero-order chi connectivity index (χ0) is 17.6. The second-order valence-corrected chi connectivity index (χ2v) is 7.71. The van der Waals surface area contributed by atoms with E-state index in [2.05, 4.69) is 23.1 Å². The first-order valence-corrected chi connectivity index (χ1v) is 9.88. The van der Waals surface area contributed by atoms with Crippen molar-refractivity contribution < 1.29 is 9.53 Å². The molecule has 25 heavy (non-hydrogen) atoms. The Morgan fingerprint density at radius 2 is 2.04 bits per heavy atom. The summed E-state index contributed by atoms with van der Waals surface area (Å²) >= 11 is 0.